The van der Waals surface area contributed by atoms with E-state index >= 15 is 0 Å². The van der Waals surface area contributed by atoms with Crippen molar-refractivity contribution in [2.45, 2.75) is 20.0 Å². The van der Waals surface area contributed by atoms with Crippen molar-refractivity contribution in [3.63, 3.8) is 0 Å². The second-order valence-corrected chi connectivity index (χ2v) is 4.28. The van der Waals surface area contributed by atoms with Crippen LogP contribution >= 0.6 is 0 Å². The van der Waals surface area contributed by atoms with Crippen LogP contribution in [-0.2, 0) is 13.1 Å². The molecule has 0 aliphatic carbocycles. The third kappa shape index (κ3) is 3.32. The first-order valence-corrected chi connectivity index (χ1v) is 6.33. The van der Waals surface area contributed by atoms with E-state index in [0.29, 0.717) is 25.3 Å². The highest BCUT2D eigenvalue weighted by molar-refractivity contribution is 5.47. The fraction of sp³-hybridized carbons (Fsp3) is 0.357. The maximum absolute atomic E-state index is 13.8. The number of benzene rings is 1. The van der Waals surface area contributed by atoms with Crippen LogP contribution in [0.25, 0.3) is 0 Å². The van der Waals surface area contributed by atoms with E-state index in [0.717, 1.165) is 11.5 Å². The number of hydrogen-bond donors (Lipinski definition) is 1. The van der Waals surface area contributed by atoms with Gasteiger partial charge in [-0.2, -0.15) is 0 Å². The lowest BCUT2D eigenvalue weighted by Gasteiger charge is -2.21. The highest BCUT2D eigenvalue weighted by atomic mass is 19.1. The standard InChI is InChI=1S/C14H18FN3O/c1-3-18(14-7-5-4-6-13(14)15)10-12-8-11(9-16-2)17-19-12/h4-8,16H,3,9-10H2,1-2H3. The normalized spacial score (nSPS) is 10.7. The SMILES string of the molecule is CCN(Cc1cc(CNC)no1)c1ccccc1F. The van der Waals surface area contributed by atoms with Crippen molar-refractivity contribution in [1.82, 2.24) is 10.5 Å². The number of para-hydroxylation sites is 1. The Morgan fingerprint density at radius 2 is 2.16 bits per heavy atom. The van der Waals surface area contributed by atoms with Crippen molar-refractivity contribution in [2.75, 3.05) is 18.5 Å². The predicted molar refractivity (Wildman–Crippen MR) is 72.4 cm³/mol. The van der Waals surface area contributed by atoms with E-state index in [1.54, 1.807) is 12.1 Å². The van der Waals surface area contributed by atoms with Gasteiger partial charge in [0.25, 0.3) is 0 Å². The molecule has 0 saturated carbocycles. The summed E-state index contributed by atoms with van der Waals surface area (Å²) >= 11 is 0. The van der Waals surface area contributed by atoms with E-state index in [1.807, 2.05) is 31.0 Å². The monoisotopic (exact) mass is 263 g/mol. The molecular weight excluding hydrogens is 245 g/mol. The van der Waals surface area contributed by atoms with Gasteiger partial charge >= 0.3 is 0 Å². The molecule has 1 aromatic heterocycles. The largest absolute Gasteiger partial charge is 0.362 e. The van der Waals surface area contributed by atoms with Crippen LogP contribution in [0.5, 0.6) is 0 Å². The third-order valence-corrected chi connectivity index (χ3v) is 2.89. The molecule has 0 spiro atoms. The van der Waals surface area contributed by atoms with Gasteiger partial charge in [0.05, 0.1) is 17.9 Å². The molecule has 0 fully saturated rings. The lowest BCUT2D eigenvalue weighted by Crippen LogP contribution is -2.22. The number of aromatic nitrogens is 1. The summed E-state index contributed by atoms with van der Waals surface area (Å²) < 4.78 is 19.0. The van der Waals surface area contributed by atoms with E-state index < -0.39 is 0 Å². The van der Waals surface area contributed by atoms with Gasteiger partial charge in [-0.3, -0.25) is 0 Å². The van der Waals surface area contributed by atoms with Gasteiger partial charge in [0, 0.05) is 19.2 Å². The first-order chi connectivity index (χ1) is 9.24. The smallest absolute Gasteiger partial charge is 0.156 e. The molecule has 19 heavy (non-hydrogen) atoms. The summed E-state index contributed by atoms with van der Waals surface area (Å²) in [5.74, 6) is 0.509. The molecule has 1 aromatic carbocycles. The van der Waals surface area contributed by atoms with Gasteiger partial charge < -0.3 is 14.7 Å². The van der Waals surface area contributed by atoms with Gasteiger partial charge in [0.2, 0.25) is 0 Å². The average molecular weight is 263 g/mol. The second kappa shape index (κ2) is 6.33. The Balaban J connectivity index is 2.12. The first-order valence-electron chi connectivity index (χ1n) is 6.33. The van der Waals surface area contributed by atoms with E-state index in [2.05, 4.69) is 10.5 Å². The lowest BCUT2D eigenvalue weighted by molar-refractivity contribution is 0.374. The van der Waals surface area contributed by atoms with Gasteiger partial charge in [-0.15, -0.1) is 0 Å². The number of nitrogens with zero attached hydrogens (tertiary/aromatic N) is 2. The zero-order chi connectivity index (χ0) is 13.7. The molecule has 5 heteroatoms. The van der Waals surface area contributed by atoms with Crippen molar-refractivity contribution in [3.05, 3.63) is 47.6 Å². The molecule has 0 saturated heterocycles. The fourth-order valence-electron chi connectivity index (χ4n) is 1.96. The maximum Gasteiger partial charge on any atom is 0.156 e. The summed E-state index contributed by atoms with van der Waals surface area (Å²) in [4.78, 5) is 1.92. The molecule has 0 aliphatic heterocycles. The zero-order valence-electron chi connectivity index (χ0n) is 11.2. The molecule has 0 atom stereocenters. The van der Waals surface area contributed by atoms with Crippen LogP contribution in [0.1, 0.15) is 18.4 Å². The van der Waals surface area contributed by atoms with E-state index in [4.69, 9.17) is 4.52 Å². The topological polar surface area (TPSA) is 41.3 Å². The van der Waals surface area contributed by atoms with Crippen LogP contribution in [0.4, 0.5) is 10.1 Å². The summed E-state index contributed by atoms with van der Waals surface area (Å²) in [7, 11) is 1.85. The summed E-state index contributed by atoms with van der Waals surface area (Å²) in [5, 5.41) is 6.96. The number of hydrogen-bond acceptors (Lipinski definition) is 4. The number of halogens is 1. The van der Waals surface area contributed by atoms with Crippen LogP contribution in [0.3, 0.4) is 0 Å². The molecule has 102 valence electrons. The van der Waals surface area contributed by atoms with Crippen LogP contribution in [0.15, 0.2) is 34.9 Å². The van der Waals surface area contributed by atoms with E-state index in [-0.39, 0.29) is 5.82 Å². The van der Waals surface area contributed by atoms with Crippen LogP contribution in [0, 0.1) is 5.82 Å². The zero-order valence-corrected chi connectivity index (χ0v) is 11.2. The molecular formula is C14H18FN3O. The van der Waals surface area contributed by atoms with Crippen LogP contribution < -0.4 is 10.2 Å². The molecule has 0 amide bonds. The molecule has 1 N–H and O–H groups in total. The second-order valence-electron chi connectivity index (χ2n) is 4.28. The summed E-state index contributed by atoms with van der Waals surface area (Å²) in [5.41, 5.74) is 1.43. The summed E-state index contributed by atoms with van der Waals surface area (Å²) in [6.45, 7) is 3.85. The van der Waals surface area contributed by atoms with Crippen molar-refractivity contribution >= 4 is 5.69 Å². The molecule has 4 nitrogen and oxygen atoms in total. The predicted octanol–water partition coefficient (Wildman–Crippen LogP) is 2.56. The van der Waals surface area contributed by atoms with Gasteiger partial charge in [-0.1, -0.05) is 17.3 Å². The summed E-state index contributed by atoms with van der Waals surface area (Å²) in [6, 6.07) is 8.63. The Kier molecular flexibility index (Phi) is 4.52. The molecule has 1 heterocycles. The van der Waals surface area contributed by atoms with Crippen molar-refractivity contribution in [2.24, 2.45) is 0 Å². The highest BCUT2D eigenvalue weighted by Crippen LogP contribution is 2.20. The van der Waals surface area contributed by atoms with Gasteiger partial charge in [0.1, 0.15) is 5.82 Å². The molecule has 2 rings (SSSR count). The van der Waals surface area contributed by atoms with Crippen molar-refractivity contribution in [3.8, 4) is 0 Å². The lowest BCUT2D eigenvalue weighted by atomic mass is 10.2. The van der Waals surface area contributed by atoms with Crippen LogP contribution in [0.2, 0.25) is 0 Å². The minimum absolute atomic E-state index is 0.223. The number of anilines is 1. The minimum Gasteiger partial charge on any atom is -0.362 e. The Labute approximate surface area is 112 Å². The first kappa shape index (κ1) is 13.5. The molecule has 2 aromatic rings. The Morgan fingerprint density at radius 1 is 1.37 bits per heavy atom. The summed E-state index contributed by atoms with van der Waals surface area (Å²) in [6.07, 6.45) is 0. The van der Waals surface area contributed by atoms with Gasteiger partial charge in [-0.25, -0.2) is 4.39 Å². The molecule has 0 aliphatic rings. The number of nitrogens with one attached hydrogen (secondary N) is 1. The fourth-order valence-corrected chi connectivity index (χ4v) is 1.96. The van der Waals surface area contributed by atoms with Crippen molar-refractivity contribution < 1.29 is 8.91 Å². The maximum atomic E-state index is 13.8. The highest BCUT2D eigenvalue weighted by Gasteiger charge is 2.12. The Hall–Kier alpha value is -1.88. The number of rotatable bonds is 6. The third-order valence-electron chi connectivity index (χ3n) is 2.89. The van der Waals surface area contributed by atoms with Crippen LogP contribution in [-0.4, -0.2) is 18.7 Å². The Morgan fingerprint density at radius 3 is 2.84 bits per heavy atom. The minimum atomic E-state index is -0.223. The Bertz CT molecular complexity index is 527. The van der Waals surface area contributed by atoms with Gasteiger partial charge in [0.15, 0.2) is 5.76 Å². The van der Waals surface area contributed by atoms with E-state index in [1.165, 1.54) is 6.07 Å². The van der Waals surface area contributed by atoms with E-state index in [9.17, 15) is 4.39 Å². The van der Waals surface area contributed by atoms with Gasteiger partial charge in [-0.05, 0) is 26.1 Å². The quantitative estimate of drug-likeness (QED) is 0.869. The molecule has 0 unspecified atom stereocenters. The van der Waals surface area contributed by atoms with Crippen molar-refractivity contribution in [1.29, 1.82) is 0 Å². The molecule has 0 bridgehead atoms. The average Bonchev–Trinajstić information content (AvgIpc) is 2.85. The molecule has 0 radical (unpaired) electrons.